The Morgan fingerprint density at radius 2 is 1.63 bits per heavy atom. The van der Waals surface area contributed by atoms with Crippen LogP contribution in [0.5, 0.6) is 5.75 Å². The first-order chi connectivity index (χ1) is 8.62. The highest BCUT2D eigenvalue weighted by Gasteiger charge is 2.36. The lowest BCUT2D eigenvalue weighted by Crippen LogP contribution is -2.40. The molecule has 2 N–H and O–H groups in total. The molecule has 19 heavy (non-hydrogen) atoms. The maximum absolute atomic E-state index is 8.69. The van der Waals surface area contributed by atoms with E-state index in [4.69, 9.17) is 19.1 Å². The van der Waals surface area contributed by atoms with E-state index >= 15 is 0 Å². The van der Waals surface area contributed by atoms with Crippen LogP contribution in [0.15, 0.2) is 24.3 Å². The lowest BCUT2D eigenvalue weighted by molar-refractivity contribution is 0.275. The SMILES string of the molecule is CC(C)(C)[Si](C)(C)OCc1ccc(OB(O)O)cc1. The predicted octanol–water partition coefficient (Wildman–Crippen LogP) is 2.56. The molecule has 0 bridgehead atoms. The summed E-state index contributed by atoms with van der Waals surface area (Å²) in [6.07, 6.45) is 0. The quantitative estimate of drug-likeness (QED) is 0.815. The minimum atomic E-state index is -1.78. The van der Waals surface area contributed by atoms with E-state index < -0.39 is 15.6 Å². The third-order valence-electron chi connectivity index (χ3n) is 3.57. The van der Waals surface area contributed by atoms with Gasteiger partial charge in [-0.25, -0.2) is 0 Å². The molecule has 0 aliphatic heterocycles. The Bertz CT molecular complexity index is 398. The Balaban J connectivity index is 2.59. The van der Waals surface area contributed by atoms with Gasteiger partial charge in [0.2, 0.25) is 0 Å². The van der Waals surface area contributed by atoms with Crippen molar-refractivity contribution in [1.29, 1.82) is 0 Å². The molecular formula is C13H23BO4Si. The first-order valence-electron chi connectivity index (χ1n) is 6.37. The van der Waals surface area contributed by atoms with E-state index in [-0.39, 0.29) is 5.04 Å². The number of benzene rings is 1. The Hall–Kier alpha value is -0.818. The average molecular weight is 282 g/mol. The van der Waals surface area contributed by atoms with Crippen LogP contribution in [0.25, 0.3) is 0 Å². The third kappa shape index (κ3) is 4.99. The normalized spacial score (nSPS) is 12.4. The third-order valence-corrected chi connectivity index (χ3v) is 8.05. The van der Waals surface area contributed by atoms with Crippen LogP contribution in [0.2, 0.25) is 18.1 Å². The summed E-state index contributed by atoms with van der Waals surface area (Å²) in [4.78, 5) is 0. The van der Waals surface area contributed by atoms with Crippen molar-refractivity contribution in [3.8, 4) is 5.75 Å². The van der Waals surface area contributed by atoms with Gasteiger partial charge in [-0.1, -0.05) is 32.9 Å². The van der Waals surface area contributed by atoms with Gasteiger partial charge in [-0.05, 0) is 35.8 Å². The maximum atomic E-state index is 8.69. The van der Waals surface area contributed by atoms with E-state index in [1.807, 2.05) is 12.1 Å². The number of hydrogen-bond acceptors (Lipinski definition) is 4. The van der Waals surface area contributed by atoms with E-state index in [9.17, 15) is 0 Å². The summed E-state index contributed by atoms with van der Waals surface area (Å²) < 4.78 is 10.8. The minimum absolute atomic E-state index is 0.192. The molecule has 0 saturated carbocycles. The molecule has 0 aliphatic rings. The van der Waals surface area contributed by atoms with Crippen LogP contribution in [-0.2, 0) is 11.0 Å². The molecule has 0 heterocycles. The van der Waals surface area contributed by atoms with Crippen molar-refractivity contribution in [3.05, 3.63) is 29.8 Å². The molecule has 6 heteroatoms. The van der Waals surface area contributed by atoms with Crippen molar-refractivity contribution in [3.63, 3.8) is 0 Å². The molecule has 0 fully saturated rings. The van der Waals surface area contributed by atoms with Gasteiger partial charge in [0.05, 0.1) is 6.61 Å². The van der Waals surface area contributed by atoms with E-state index in [1.165, 1.54) is 0 Å². The van der Waals surface area contributed by atoms with Crippen LogP contribution >= 0.6 is 0 Å². The lowest BCUT2D eigenvalue weighted by atomic mass is 10.2. The van der Waals surface area contributed by atoms with Crippen molar-refractivity contribution < 1.29 is 19.1 Å². The first-order valence-corrected chi connectivity index (χ1v) is 9.28. The molecule has 0 aliphatic carbocycles. The van der Waals surface area contributed by atoms with Crippen molar-refractivity contribution in [2.45, 2.75) is 45.5 Å². The Kier molecular flexibility index (Phi) is 5.20. The second-order valence-electron chi connectivity index (χ2n) is 6.14. The lowest BCUT2D eigenvalue weighted by Gasteiger charge is -2.36. The van der Waals surface area contributed by atoms with Gasteiger partial charge in [0, 0.05) is 0 Å². The molecule has 0 atom stereocenters. The highest BCUT2D eigenvalue weighted by atomic mass is 28.4. The van der Waals surface area contributed by atoms with Crippen LogP contribution in [0.1, 0.15) is 26.3 Å². The summed E-state index contributed by atoms with van der Waals surface area (Å²) in [5.74, 6) is 0.422. The van der Waals surface area contributed by atoms with Gasteiger partial charge in [-0.3, -0.25) is 0 Å². The van der Waals surface area contributed by atoms with Crippen molar-refractivity contribution in [1.82, 2.24) is 0 Å². The molecule has 0 aromatic heterocycles. The van der Waals surface area contributed by atoms with Crippen LogP contribution in [0.4, 0.5) is 0 Å². The molecule has 0 spiro atoms. The second-order valence-corrected chi connectivity index (χ2v) is 10.9. The summed E-state index contributed by atoms with van der Waals surface area (Å²) in [6.45, 7) is 11.6. The molecular weight excluding hydrogens is 259 g/mol. The van der Waals surface area contributed by atoms with Gasteiger partial charge in [-0.15, -0.1) is 0 Å². The fraction of sp³-hybridized carbons (Fsp3) is 0.538. The van der Waals surface area contributed by atoms with E-state index in [0.29, 0.717) is 12.4 Å². The summed E-state index contributed by atoms with van der Waals surface area (Å²) in [6, 6.07) is 7.13. The van der Waals surface area contributed by atoms with E-state index in [1.54, 1.807) is 12.1 Å². The fourth-order valence-corrected chi connectivity index (χ4v) is 2.23. The molecule has 106 valence electrons. The van der Waals surface area contributed by atoms with Crippen LogP contribution in [-0.4, -0.2) is 25.7 Å². The molecule has 1 rings (SSSR count). The largest absolute Gasteiger partial charge is 0.707 e. The van der Waals surface area contributed by atoms with Crippen LogP contribution < -0.4 is 4.65 Å². The maximum Gasteiger partial charge on any atom is 0.707 e. The molecule has 0 radical (unpaired) electrons. The van der Waals surface area contributed by atoms with Crippen molar-refractivity contribution in [2.75, 3.05) is 0 Å². The Labute approximate surface area is 116 Å². The van der Waals surface area contributed by atoms with Gasteiger partial charge in [0.1, 0.15) is 5.75 Å². The van der Waals surface area contributed by atoms with Crippen molar-refractivity contribution >= 4 is 15.6 Å². The van der Waals surface area contributed by atoms with E-state index in [2.05, 4.69) is 33.9 Å². The highest BCUT2D eigenvalue weighted by Crippen LogP contribution is 2.37. The average Bonchev–Trinajstić information content (AvgIpc) is 2.26. The molecule has 0 unspecified atom stereocenters. The molecule has 1 aromatic carbocycles. The summed E-state index contributed by atoms with van der Waals surface area (Å²) in [5, 5.41) is 17.6. The minimum Gasteiger partial charge on any atom is -0.512 e. The zero-order valence-electron chi connectivity index (χ0n) is 12.3. The summed E-state index contributed by atoms with van der Waals surface area (Å²) >= 11 is 0. The fourth-order valence-electron chi connectivity index (χ4n) is 1.27. The molecule has 0 saturated heterocycles. The van der Waals surface area contributed by atoms with Gasteiger partial charge in [-0.2, -0.15) is 0 Å². The molecule has 4 nitrogen and oxygen atoms in total. The van der Waals surface area contributed by atoms with Crippen LogP contribution in [0, 0.1) is 0 Å². The van der Waals surface area contributed by atoms with Crippen molar-refractivity contribution in [2.24, 2.45) is 0 Å². The second kappa shape index (κ2) is 6.09. The molecule has 0 amide bonds. The zero-order chi connectivity index (χ0) is 14.7. The summed E-state index contributed by atoms with van der Waals surface area (Å²) in [5.41, 5.74) is 1.05. The Morgan fingerprint density at radius 1 is 1.11 bits per heavy atom. The smallest absolute Gasteiger partial charge is 0.512 e. The number of hydrogen-bond donors (Lipinski definition) is 2. The van der Waals surface area contributed by atoms with Gasteiger partial charge in [0.15, 0.2) is 8.32 Å². The van der Waals surface area contributed by atoms with Gasteiger partial charge >= 0.3 is 7.32 Å². The Morgan fingerprint density at radius 3 is 2.05 bits per heavy atom. The predicted molar refractivity (Wildman–Crippen MR) is 79.2 cm³/mol. The first kappa shape index (κ1) is 16.2. The van der Waals surface area contributed by atoms with Crippen LogP contribution in [0.3, 0.4) is 0 Å². The zero-order valence-corrected chi connectivity index (χ0v) is 13.3. The van der Waals surface area contributed by atoms with Gasteiger partial charge in [0.25, 0.3) is 0 Å². The topological polar surface area (TPSA) is 58.9 Å². The standard InChI is InChI=1S/C13H23BO4Si/c1-13(2,3)19(4,5)17-10-11-6-8-12(9-7-11)18-14(15)16/h6-9,15-16H,10H2,1-5H3. The number of rotatable bonds is 5. The monoisotopic (exact) mass is 282 g/mol. The van der Waals surface area contributed by atoms with E-state index in [0.717, 1.165) is 5.56 Å². The highest BCUT2D eigenvalue weighted by molar-refractivity contribution is 6.74. The summed E-state index contributed by atoms with van der Waals surface area (Å²) in [7, 11) is -3.52. The van der Waals surface area contributed by atoms with Gasteiger partial charge < -0.3 is 19.1 Å². The molecule has 1 aromatic rings.